The van der Waals surface area contributed by atoms with Gasteiger partial charge in [0.25, 0.3) is 0 Å². The maximum absolute atomic E-state index is 5.38. The molecule has 0 bridgehead atoms. The average molecular weight is 297 g/mol. The Balaban J connectivity index is 1.88. The molecule has 1 aliphatic heterocycles. The fourth-order valence-electron chi connectivity index (χ4n) is 3.21. The highest BCUT2D eigenvalue weighted by Gasteiger charge is 2.19. The number of hydrogen-bond acceptors (Lipinski definition) is 4. The maximum atomic E-state index is 5.38. The Kier molecular flexibility index (Phi) is 4.39. The van der Waals surface area contributed by atoms with Crippen LogP contribution in [0.15, 0.2) is 30.6 Å². The molecule has 0 amide bonds. The quantitative estimate of drug-likeness (QED) is 0.864. The van der Waals surface area contributed by atoms with Crippen LogP contribution in [0.1, 0.15) is 37.1 Å². The first kappa shape index (κ1) is 15.0. The highest BCUT2D eigenvalue weighted by molar-refractivity contribution is 5.70. The van der Waals surface area contributed by atoms with Gasteiger partial charge >= 0.3 is 0 Å². The van der Waals surface area contributed by atoms with Crippen LogP contribution in [-0.2, 0) is 0 Å². The normalized spacial score (nSPS) is 16.7. The highest BCUT2D eigenvalue weighted by atomic mass is 16.5. The van der Waals surface area contributed by atoms with Crippen molar-refractivity contribution in [3.05, 3.63) is 41.9 Å². The van der Waals surface area contributed by atoms with Crippen molar-refractivity contribution in [3.8, 4) is 17.0 Å². The molecule has 1 aromatic carbocycles. The predicted molar refractivity (Wildman–Crippen MR) is 88.0 cm³/mol. The van der Waals surface area contributed by atoms with Gasteiger partial charge in [0.2, 0.25) is 5.88 Å². The van der Waals surface area contributed by atoms with Crippen LogP contribution in [0.25, 0.3) is 11.1 Å². The SMILES string of the molecule is COc1ncnc(C)c1-c1ccc([C@H](C)N2CCCC2)cc1. The third-order valence-electron chi connectivity index (χ3n) is 4.57. The molecule has 4 nitrogen and oxygen atoms in total. The Bertz CT molecular complexity index is 633. The minimum atomic E-state index is 0.478. The van der Waals surface area contributed by atoms with Crippen molar-refractivity contribution < 1.29 is 4.74 Å². The number of nitrogens with zero attached hydrogens (tertiary/aromatic N) is 3. The Morgan fingerprint density at radius 1 is 1.09 bits per heavy atom. The van der Waals surface area contributed by atoms with Gasteiger partial charge in [-0.05, 0) is 50.9 Å². The molecule has 1 aromatic heterocycles. The van der Waals surface area contributed by atoms with E-state index in [1.807, 2.05) is 6.92 Å². The molecule has 1 atom stereocenters. The summed E-state index contributed by atoms with van der Waals surface area (Å²) in [4.78, 5) is 11.0. The zero-order chi connectivity index (χ0) is 15.5. The van der Waals surface area contributed by atoms with Crippen molar-refractivity contribution in [2.24, 2.45) is 0 Å². The molecule has 4 heteroatoms. The number of aromatic nitrogens is 2. The summed E-state index contributed by atoms with van der Waals surface area (Å²) < 4.78 is 5.38. The smallest absolute Gasteiger partial charge is 0.224 e. The van der Waals surface area contributed by atoms with Gasteiger partial charge in [0.05, 0.1) is 18.4 Å². The summed E-state index contributed by atoms with van der Waals surface area (Å²) in [7, 11) is 1.65. The summed E-state index contributed by atoms with van der Waals surface area (Å²) in [6, 6.07) is 9.20. The third-order valence-corrected chi connectivity index (χ3v) is 4.57. The van der Waals surface area contributed by atoms with Crippen molar-refractivity contribution in [2.75, 3.05) is 20.2 Å². The number of ether oxygens (including phenoxy) is 1. The summed E-state index contributed by atoms with van der Waals surface area (Å²) >= 11 is 0. The second-order valence-corrected chi connectivity index (χ2v) is 5.88. The molecular formula is C18H23N3O. The van der Waals surface area contributed by atoms with E-state index in [1.165, 1.54) is 31.5 Å². The average Bonchev–Trinajstić information content (AvgIpc) is 3.08. The molecule has 2 heterocycles. The number of aryl methyl sites for hydroxylation is 1. The van der Waals surface area contributed by atoms with Gasteiger partial charge in [0.1, 0.15) is 6.33 Å². The van der Waals surface area contributed by atoms with Crippen LogP contribution in [0.5, 0.6) is 5.88 Å². The van der Waals surface area contributed by atoms with Crippen LogP contribution in [0.2, 0.25) is 0 Å². The van der Waals surface area contributed by atoms with Crippen LogP contribution >= 0.6 is 0 Å². The zero-order valence-corrected chi connectivity index (χ0v) is 13.5. The van der Waals surface area contributed by atoms with Gasteiger partial charge in [-0.3, -0.25) is 4.90 Å². The van der Waals surface area contributed by atoms with Crippen LogP contribution in [0.4, 0.5) is 0 Å². The fraction of sp³-hybridized carbons (Fsp3) is 0.444. The van der Waals surface area contributed by atoms with Gasteiger partial charge in [-0.1, -0.05) is 24.3 Å². The number of likely N-dealkylation sites (tertiary alicyclic amines) is 1. The molecule has 0 radical (unpaired) electrons. The van der Waals surface area contributed by atoms with E-state index < -0.39 is 0 Å². The summed E-state index contributed by atoms with van der Waals surface area (Å²) in [6.07, 6.45) is 4.18. The summed E-state index contributed by atoms with van der Waals surface area (Å²) in [5.41, 5.74) is 4.38. The summed E-state index contributed by atoms with van der Waals surface area (Å²) in [5, 5.41) is 0. The lowest BCUT2D eigenvalue weighted by molar-refractivity contribution is 0.263. The minimum absolute atomic E-state index is 0.478. The Morgan fingerprint density at radius 3 is 2.41 bits per heavy atom. The lowest BCUT2D eigenvalue weighted by Gasteiger charge is -2.24. The second kappa shape index (κ2) is 6.44. The second-order valence-electron chi connectivity index (χ2n) is 5.88. The number of benzene rings is 1. The van der Waals surface area contributed by atoms with E-state index in [4.69, 9.17) is 4.74 Å². The topological polar surface area (TPSA) is 38.3 Å². The lowest BCUT2D eigenvalue weighted by atomic mass is 10.0. The molecule has 1 fully saturated rings. The molecule has 1 aliphatic rings. The first-order valence-corrected chi connectivity index (χ1v) is 7.90. The zero-order valence-electron chi connectivity index (χ0n) is 13.5. The molecule has 0 N–H and O–H groups in total. The van der Waals surface area contributed by atoms with E-state index in [0.29, 0.717) is 11.9 Å². The van der Waals surface area contributed by atoms with Crippen molar-refractivity contribution in [2.45, 2.75) is 32.7 Å². The van der Waals surface area contributed by atoms with Gasteiger partial charge in [-0.25, -0.2) is 9.97 Å². The standard InChI is InChI=1S/C18H23N3O/c1-13-17(18(22-3)20-12-19-13)16-8-6-15(7-9-16)14(2)21-10-4-5-11-21/h6-9,12,14H,4-5,10-11H2,1-3H3/t14-/m0/s1. The molecular weight excluding hydrogens is 274 g/mol. The maximum Gasteiger partial charge on any atom is 0.224 e. The van der Waals surface area contributed by atoms with Crippen molar-refractivity contribution in [1.82, 2.24) is 14.9 Å². The van der Waals surface area contributed by atoms with Crippen LogP contribution in [0, 0.1) is 6.92 Å². The Morgan fingerprint density at radius 2 is 1.77 bits per heavy atom. The molecule has 2 aromatic rings. The highest BCUT2D eigenvalue weighted by Crippen LogP contribution is 2.32. The summed E-state index contributed by atoms with van der Waals surface area (Å²) in [5.74, 6) is 0.632. The largest absolute Gasteiger partial charge is 0.480 e. The molecule has 0 spiro atoms. The van der Waals surface area contributed by atoms with Gasteiger partial charge in [-0.2, -0.15) is 0 Å². The van der Waals surface area contributed by atoms with Crippen molar-refractivity contribution in [3.63, 3.8) is 0 Å². The van der Waals surface area contributed by atoms with E-state index in [-0.39, 0.29) is 0 Å². The molecule has 0 saturated carbocycles. The third kappa shape index (κ3) is 2.83. The van der Waals surface area contributed by atoms with Gasteiger partial charge in [-0.15, -0.1) is 0 Å². The lowest BCUT2D eigenvalue weighted by Crippen LogP contribution is -2.23. The number of methoxy groups -OCH3 is 1. The van der Waals surface area contributed by atoms with Gasteiger partial charge < -0.3 is 4.74 Å². The van der Waals surface area contributed by atoms with Crippen LogP contribution in [-0.4, -0.2) is 35.1 Å². The van der Waals surface area contributed by atoms with E-state index in [0.717, 1.165) is 16.8 Å². The minimum Gasteiger partial charge on any atom is -0.480 e. The molecule has 116 valence electrons. The van der Waals surface area contributed by atoms with Crippen molar-refractivity contribution in [1.29, 1.82) is 0 Å². The Labute approximate surface area is 132 Å². The number of rotatable bonds is 4. The first-order valence-electron chi connectivity index (χ1n) is 7.90. The molecule has 1 saturated heterocycles. The fourth-order valence-corrected chi connectivity index (χ4v) is 3.21. The van der Waals surface area contributed by atoms with E-state index >= 15 is 0 Å². The Hall–Kier alpha value is -1.94. The van der Waals surface area contributed by atoms with Crippen molar-refractivity contribution >= 4 is 0 Å². The van der Waals surface area contributed by atoms with E-state index in [1.54, 1.807) is 13.4 Å². The number of hydrogen-bond donors (Lipinski definition) is 0. The van der Waals surface area contributed by atoms with Gasteiger partial charge in [0, 0.05) is 6.04 Å². The first-order chi connectivity index (χ1) is 10.7. The van der Waals surface area contributed by atoms with E-state index in [2.05, 4.69) is 46.1 Å². The monoisotopic (exact) mass is 297 g/mol. The molecule has 0 aliphatic carbocycles. The molecule has 22 heavy (non-hydrogen) atoms. The van der Waals surface area contributed by atoms with Crippen LogP contribution in [0.3, 0.4) is 0 Å². The molecule has 3 rings (SSSR count). The summed E-state index contributed by atoms with van der Waals surface area (Å²) in [6.45, 7) is 6.70. The van der Waals surface area contributed by atoms with E-state index in [9.17, 15) is 0 Å². The molecule has 0 unspecified atom stereocenters. The predicted octanol–water partition coefficient (Wildman–Crippen LogP) is 3.62. The van der Waals surface area contributed by atoms with Gasteiger partial charge in [0.15, 0.2) is 0 Å². The van der Waals surface area contributed by atoms with Crippen LogP contribution < -0.4 is 4.74 Å².